The van der Waals surface area contributed by atoms with E-state index in [9.17, 15) is 4.79 Å². The van der Waals surface area contributed by atoms with Gasteiger partial charge in [0.2, 0.25) is 5.89 Å². The van der Waals surface area contributed by atoms with Crippen molar-refractivity contribution in [1.82, 2.24) is 4.98 Å². The molecule has 0 saturated heterocycles. The summed E-state index contributed by atoms with van der Waals surface area (Å²) in [6.07, 6.45) is 0. The molecule has 0 aliphatic heterocycles. The van der Waals surface area contributed by atoms with Crippen LogP contribution in [0.5, 0.6) is 0 Å². The van der Waals surface area contributed by atoms with Gasteiger partial charge in [0.1, 0.15) is 11.3 Å². The van der Waals surface area contributed by atoms with Crippen LogP contribution in [0.3, 0.4) is 0 Å². The van der Waals surface area contributed by atoms with Gasteiger partial charge in [-0.2, -0.15) is 0 Å². The van der Waals surface area contributed by atoms with E-state index in [1.807, 2.05) is 37.3 Å². The molecule has 5 nitrogen and oxygen atoms in total. The number of aromatic nitrogens is 1. The largest absolute Gasteiger partial charge is 0.451 e. The number of carbonyl (C=O) groups excluding carboxylic acids is 1. The number of aryl methyl sites for hydroxylation is 1. The average Bonchev–Trinajstić information content (AvgIpc) is 3.43. The van der Waals surface area contributed by atoms with Gasteiger partial charge in [0.25, 0.3) is 5.91 Å². The molecule has 0 radical (unpaired) electrons. The van der Waals surface area contributed by atoms with Crippen LogP contribution in [-0.2, 0) is 0 Å². The zero-order valence-corrected chi connectivity index (χ0v) is 18.4. The van der Waals surface area contributed by atoms with E-state index in [0.29, 0.717) is 38.5 Å². The Balaban J connectivity index is 1.38. The summed E-state index contributed by atoms with van der Waals surface area (Å²) in [6, 6.07) is 21.6. The van der Waals surface area contributed by atoms with Crippen LogP contribution in [0, 0.1) is 6.92 Å². The number of carbonyl (C=O) groups is 1. The van der Waals surface area contributed by atoms with Crippen molar-refractivity contribution in [2.24, 2.45) is 0 Å². The molecule has 0 saturated carbocycles. The summed E-state index contributed by atoms with van der Waals surface area (Å²) in [7, 11) is 0. The van der Waals surface area contributed by atoms with E-state index in [-0.39, 0.29) is 11.7 Å². The normalized spacial score (nSPS) is 11.1. The number of oxazole rings is 1. The van der Waals surface area contributed by atoms with Gasteiger partial charge in [0.05, 0.1) is 10.0 Å². The van der Waals surface area contributed by atoms with Crippen LogP contribution in [0.4, 0.5) is 5.69 Å². The lowest BCUT2D eigenvalue weighted by molar-refractivity contribution is 0.0997. The Labute approximate surface area is 193 Å². The number of rotatable bonds is 4. The Morgan fingerprint density at radius 1 is 0.938 bits per heavy atom. The minimum absolute atomic E-state index is 0.152. The molecule has 7 heteroatoms. The molecular weight excluding hydrogens is 447 g/mol. The zero-order chi connectivity index (χ0) is 22.2. The second kappa shape index (κ2) is 8.19. The minimum Gasteiger partial charge on any atom is -0.451 e. The number of nitrogens with zero attached hydrogens (tertiary/aromatic N) is 1. The van der Waals surface area contributed by atoms with E-state index in [0.717, 1.165) is 16.6 Å². The topological polar surface area (TPSA) is 68.3 Å². The summed E-state index contributed by atoms with van der Waals surface area (Å²) in [6.45, 7) is 2.00. The molecular formula is C25H16Cl2N2O3. The summed E-state index contributed by atoms with van der Waals surface area (Å²) in [5.74, 6) is 0.703. The third-order valence-corrected chi connectivity index (χ3v) is 5.78. The quantitative estimate of drug-likeness (QED) is 0.298. The van der Waals surface area contributed by atoms with Gasteiger partial charge < -0.3 is 14.2 Å². The van der Waals surface area contributed by atoms with Gasteiger partial charge in [-0.05, 0) is 67.1 Å². The first-order valence-electron chi connectivity index (χ1n) is 9.81. The zero-order valence-electron chi connectivity index (χ0n) is 16.9. The first-order chi connectivity index (χ1) is 15.5. The van der Waals surface area contributed by atoms with Crippen LogP contribution in [0.2, 0.25) is 10.0 Å². The van der Waals surface area contributed by atoms with Crippen molar-refractivity contribution < 1.29 is 13.6 Å². The number of amides is 1. The second-order valence-electron chi connectivity index (χ2n) is 7.29. The highest BCUT2D eigenvalue weighted by Gasteiger charge is 2.16. The van der Waals surface area contributed by atoms with E-state index in [2.05, 4.69) is 10.3 Å². The maximum Gasteiger partial charge on any atom is 0.291 e. The van der Waals surface area contributed by atoms with Crippen LogP contribution in [-0.4, -0.2) is 10.9 Å². The van der Waals surface area contributed by atoms with Crippen LogP contribution in [0.15, 0.2) is 81.6 Å². The third kappa shape index (κ3) is 3.88. The summed E-state index contributed by atoms with van der Waals surface area (Å²) in [5.41, 5.74) is 4.56. The van der Waals surface area contributed by atoms with Crippen LogP contribution in [0.1, 0.15) is 16.1 Å². The molecule has 0 aliphatic rings. The molecule has 5 rings (SSSR count). The smallest absolute Gasteiger partial charge is 0.291 e. The number of nitrogens with one attached hydrogen (secondary N) is 1. The highest BCUT2D eigenvalue weighted by atomic mass is 35.5. The fraction of sp³-hybridized carbons (Fsp3) is 0.0400. The van der Waals surface area contributed by atoms with E-state index < -0.39 is 0 Å². The molecule has 0 unspecified atom stereocenters. The van der Waals surface area contributed by atoms with Gasteiger partial charge >= 0.3 is 0 Å². The predicted octanol–water partition coefficient (Wildman–Crippen LogP) is 7.62. The van der Waals surface area contributed by atoms with Gasteiger partial charge in [-0.25, -0.2) is 4.98 Å². The van der Waals surface area contributed by atoms with Gasteiger partial charge in [-0.1, -0.05) is 41.4 Å². The Hall–Kier alpha value is -3.54. The van der Waals surface area contributed by atoms with Crippen molar-refractivity contribution in [3.63, 3.8) is 0 Å². The molecule has 1 N–H and O–H groups in total. The molecule has 1 amide bonds. The Morgan fingerprint density at radius 2 is 1.78 bits per heavy atom. The maximum atomic E-state index is 12.7. The van der Waals surface area contributed by atoms with Crippen molar-refractivity contribution >= 4 is 45.9 Å². The van der Waals surface area contributed by atoms with E-state index >= 15 is 0 Å². The van der Waals surface area contributed by atoms with Crippen LogP contribution in [0.25, 0.3) is 33.9 Å². The first-order valence-corrected chi connectivity index (χ1v) is 10.6. The van der Waals surface area contributed by atoms with Crippen LogP contribution < -0.4 is 5.32 Å². The number of anilines is 1. The summed E-state index contributed by atoms with van der Waals surface area (Å²) >= 11 is 12.3. The maximum absolute atomic E-state index is 12.7. The van der Waals surface area contributed by atoms with Crippen molar-refractivity contribution in [2.45, 2.75) is 6.92 Å². The molecule has 0 spiro atoms. The van der Waals surface area contributed by atoms with Gasteiger partial charge in [-0.15, -0.1) is 0 Å². The molecule has 5 aromatic rings. The first kappa shape index (κ1) is 20.4. The second-order valence-corrected chi connectivity index (χ2v) is 8.08. The number of fused-ring (bicyclic) bond motifs is 1. The predicted molar refractivity (Wildman–Crippen MR) is 126 cm³/mol. The Morgan fingerprint density at radius 3 is 2.66 bits per heavy atom. The molecule has 2 aromatic heterocycles. The Kier molecular flexibility index (Phi) is 5.21. The van der Waals surface area contributed by atoms with Gasteiger partial charge in [0, 0.05) is 16.8 Å². The monoisotopic (exact) mass is 462 g/mol. The lowest BCUT2D eigenvalue weighted by Crippen LogP contribution is -2.10. The summed E-state index contributed by atoms with van der Waals surface area (Å²) in [5, 5.41) is 3.63. The minimum atomic E-state index is -0.389. The highest BCUT2D eigenvalue weighted by molar-refractivity contribution is 6.43. The van der Waals surface area contributed by atoms with Crippen molar-refractivity contribution in [3.8, 4) is 22.8 Å². The highest BCUT2D eigenvalue weighted by Crippen LogP contribution is 2.34. The summed E-state index contributed by atoms with van der Waals surface area (Å²) < 4.78 is 11.6. The lowest BCUT2D eigenvalue weighted by Gasteiger charge is -2.05. The van der Waals surface area contributed by atoms with E-state index in [1.165, 1.54) is 0 Å². The van der Waals surface area contributed by atoms with Crippen molar-refractivity contribution in [3.05, 3.63) is 94.2 Å². The van der Waals surface area contributed by atoms with Crippen molar-refractivity contribution in [2.75, 3.05) is 5.32 Å². The Bertz CT molecular complexity index is 1470. The number of halogens is 2. The number of furan rings is 1. The fourth-order valence-corrected chi connectivity index (χ4v) is 3.78. The molecule has 0 fully saturated rings. The number of hydrogen-bond donors (Lipinski definition) is 1. The van der Waals surface area contributed by atoms with Gasteiger partial charge in [-0.3, -0.25) is 4.79 Å². The molecule has 0 bridgehead atoms. The fourth-order valence-electron chi connectivity index (χ4n) is 3.38. The van der Waals surface area contributed by atoms with Crippen LogP contribution >= 0.6 is 23.2 Å². The SMILES string of the molecule is Cc1ccc2oc(-c3cccc(NC(=O)c4ccc(-c5cccc(Cl)c5Cl)o4)c3)nc2c1. The average molecular weight is 463 g/mol. The molecule has 158 valence electrons. The van der Waals surface area contributed by atoms with E-state index in [1.54, 1.807) is 42.5 Å². The number of benzene rings is 3. The standard InChI is InChI=1S/C25H16Cl2N2O3/c1-14-8-9-21-19(12-14)29-25(32-21)15-4-2-5-16(13-15)28-24(30)22-11-10-20(31-22)17-6-3-7-18(26)23(17)27/h2-13H,1H3,(H,28,30). The van der Waals surface area contributed by atoms with Crippen molar-refractivity contribution in [1.29, 1.82) is 0 Å². The lowest BCUT2D eigenvalue weighted by atomic mass is 10.2. The third-order valence-electron chi connectivity index (χ3n) is 4.96. The summed E-state index contributed by atoms with van der Waals surface area (Å²) in [4.78, 5) is 17.3. The molecule has 3 aromatic carbocycles. The number of hydrogen-bond acceptors (Lipinski definition) is 4. The molecule has 2 heterocycles. The molecule has 32 heavy (non-hydrogen) atoms. The van der Waals surface area contributed by atoms with Gasteiger partial charge in [0.15, 0.2) is 11.3 Å². The van der Waals surface area contributed by atoms with E-state index in [4.69, 9.17) is 32.0 Å². The molecule has 0 aliphatic carbocycles. The molecule has 0 atom stereocenters.